The summed E-state index contributed by atoms with van der Waals surface area (Å²) in [5.74, 6) is 0.287. The van der Waals surface area contributed by atoms with Gasteiger partial charge in [0.25, 0.3) is 0 Å². The van der Waals surface area contributed by atoms with Crippen molar-refractivity contribution in [3.63, 3.8) is 0 Å². The second-order valence-corrected chi connectivity index (χ2v) is 8.22. The summed E-state index contributed by atoms with van der Waals surface area (Å²) in [7, 11) is 0. The highest BCUT2D eigenvalue weighted by molar-refractivity contribution is 9.10. The minimum Gasteiger partial charge on any atom is -0.508 e. The minimum absolute atomic E-state index is 0.123. The Bertz CT molecular complexity index is 1200. The molecule has 3 aromatic carbocycles. The molecule has 0 radical (unpaired) electrons. The van der Waals surface area contributed by atoms with E-state index in [0.29, 0.717) is 27.0 Å². The quantitative estimate of drug-likeness (QED) is 0.322. The predicted molar refractivity (Wildman–Crippen MR) is 116 cm³/mol. The second kappa shape index (κ2) is 7.33. The highest BCUT2D eigenvalue weighted by atomic mass is 79.9. The molecule has 28 heavy (non-hydrogen) atoms. The van der Waals surface area contributed by atoms with Gasteiger partial charge in [0.05, 0.1) is 21.5 Å². The van der Waals surface area contributed by atoms with Crippen molar-refractivity contribution >= 4 is 48.9 Å². The van der Waals surface area contributed by atoms with Crippen LogP contribution < -0.4 is 0 Å². The van der Waals surface area contributed by atoms with Gasteiger partial charge in [0.15, 0.2) is 0 Å². The Labute approximate surface area is 174 Å². The van der Waals surface area contributed by atoms with Crippen LogP contribution in [-0.4, -0.2) is 15.2 Å². The SMILES string of the molecule is Cc1c(O)cccc1N=Nc1c(C)c(O)cc(Br)c1-c1nc2ccccc2s1. The third kappa shape index (κ3) is 3.27. The minimum atomic E-state index is 0.123. The van der Waals surface area contributed by atoms with E-state index in [1.807, 2.05) is 24.3 Å². The van der Waals surface area contributed by atoms with Crippen molar-refractivity contribution in [1.29, 1.82) is 0 Å². The van der Waals surface area contributed by atoms with Gasteiger partial charge in [0.1, 0.15) is 22.2 Å². The van der Waals surface area contributed by atoms with Crippen molar-refractivity contribution in [3.8, 4) is 22.1 Å². The molecule has 1 aromatic heterocycles. The lowest BCUT2D eigenvalue weighted by molar-refractivity contribution is 0.470. The van der Waals surface area contributed by atoms with Gasteiger partial charge in [-0.1, -0.05) is 18.2 Å². The number of hydrogen-bond acceptors (Lipinski definition) is 6. The molecule has 0 aliphatic carbocycles. The van der Waals surface area contributed by atoms with Gasteiger partial charge < -0.3 is 10.2 Å². The van der Waals surface area contributed by atoms with Crippen LogP contribution in [0, 0.1) is 13.8 Å². The number of para-hydroxylation sites is 1. The first kappa shape index (κ1) is 18.6. The van der Waals surface area contributed by atoms with Crippen LogP contribution in [0.3, 0.4) is 0 Å². The lowest BCUT2D eigenvalue weighted by atomic mass is 10.1. The smallest absolute Gasteiger partial charge is 0.128 e. The van der Waals surface area contributed by atoms with E-state index in [4.69, 9.17) is 4.98 Å². The zero-order valence-corrected chi connectivity index (χ0v) is 17.5. The van der Waals surface area contributed by atoms with Crippen LogP contribution in [0.15, 0.2) is 63.2 Å². The van der Waals surface area contributed by atoms with Gasteiger partial charge in [-0.05, 0) is 60.1 Å². The summed E-state index contributed by atoms with van der Waals surface area (Å²) in [5, 5.41) is 29.8. The van der Waals surface area contributed by atoms with E-state index in [9.17, 15) is 10.2 Å². The van der Waals surface area contributed by atoms with Crippen molar-refractivity contribution in [1.82, 2.24) is 4.98 Å². The number of halogens is 1. The van der Waals surface area contributed by atoms with Crippen molar-refractivity contribution in [3.05, 3.63) is 64.1 Å². The maximum absolute atomic E-state index is 10.3. The van der Waals surface area contributed by atoms with Crippen LogP contribution in [0.2, 0.25) is 0 Å². The molecule has 0 saturated heterocycles. The largest absolute Gasteiger partial charge is 0.508 e. The van der Waals surface area contributed by atoms with E-state index in [0.717, 1.165) is 20.8 Å². The van der Waals surface area contributed by atoms with Crippen LogP contribution >= 0.6 is 27.3 Å². The number of aromatic hydroxyl groups is 2. The highest BCUT2D eigenvalue weighted by Crippen LogP contribution is 2.46. The average molecular weight is 454 g/mol. The second-order valence-electron chi connectivity index (χ2n) is 6.33. The van der Waals surface area contributed by atoms with E-state index in [1.165, 1.54) is 0 Å². The summed E-state index contributed by atoms with van der Waals surface area (Å²) in [6, 6.07) is 14.7. The van der Waals surface area contributed by atoms with Gasteiger partial charge in [0, 0.05) is 15.6 Å². The summed E-state index contributed by atoms with van der Waals surface area (Å²) in [6.45, 7) is 3.58. The molecule has 0 atom stereocenters. The van der Waals surface area contributed by atoms with Gasteiger partial charge in [-0.15, -0.1) is 16.5 Å². The lowest BCUT2D eigenvalue weighted by Gasteiger charge is -2.10. The highest BCUT2D eigenvalue weighted by Gasteiger charge is 2.19. The fourth-order valence-corrected chi connectivity index (χ4v) is 4.60. The van der Waals surface area contributed by atoms with E-state index in [2.05, 4.69) is 26.2 Å². The molecule has 4 rings (SSSR count). The molecule has 0 aliphatic rings. The third-order valence-electron chi connectivity index (χ3n) is 4.52. The summed E-state index contributed by atoms with van der Waals surface area (Å²) in [6.07, 6.45) is 0. The Morgan fingerprint density at radius 2 is 1.71 bits per heavy atom. The molecule has 4 aromatic rings. The Balaban J connectivity index is 1.91. The standard InChI is InChI=1S/C21H16BrN3O2S/c1-11-14(7-5-8-16(11)26)24-25-20-12(2)17(27)10-13(22)19(20)21-23-15-6-3-4-9-18(15)28-21/h3-10,26-27H,1-2H3. The molecule has 0 spiro atoms. The van der Waals surface area contributed by atoms with Gasteiger partial charge in [-0.3, -0.25) is 0 Å². The number of benzene rings is 3. The zero-order chi connectivity index (χ0) is 19.8. The van der Waals surface area contributed by atoms with Crippen LogP contribution in [0.1, 0.15) is 11.1 Å². The summed E-state index contributed by atoms with van der Waals surface area (Å²) >= 11 is 5.10. The number of fused-ring (bicyclic) bond motifs is 1. The molecule has 0 fully saturated rings. The number of aromatic nitrogens is 1. The van der Waals surface area contributed by atoms with E-state index < -0.39 is 0 Å². The van der Waals surface area contributed by atoms with Gasteiger partial charge in [-0.25, -0.2) is 4.98 Å². The van der Waals surface area contributed by atoms with E-state index in [-0.39, 0.29) is 11.5 Å². The maximum atomic E-state index is 10.3. The van der Waals surface area contributed by atoms with E-state index >= 15 is 0 Å². The van der Waals surface area contributed by atoms with Crippen LogP contribution in [-0.2, 0) is 0 Å². The molecule has 0 amide bonds. The molecule has 7 heteroatoms. The fourth-order valence-electron chi connectivity index (χ4n) is 2.85. The van der Waals surface area contributed by atoms with Crippen molar-refractivity contribution in [2.45, 2.75) is 13.8 Å². The first-order valence-corrected chi connectivity index (χ1v) is 10.1. The van der Waals surface area contributed by atoms with Gasteiger partial charge in [0.2, 0.25) is 0 Å². The number of azo groups is 1. The molecular weight excluding hydrogens is 438 g/mol. The molecule has 5 nitrogen and oxygen atoms in total. The summed E-state index contributed by atoms with van der Waals surface area (Å²) < 4.78 is 1.76. The number of phenolic OH excluding ortho intramolecular Hbond substituents is 2. The molecule has 2 N–H and O–H groups in total. The van der Waals surface area contributed by atoms with Crippen LogP contribution in [0.4, 0.5) is 11.4 Å². The Morgan fingerprint density at radius 3 is 2.50 bits per heavy atom. The first-order valence-electron chi connectivity index (χ1n) is 8.54. The molecule has 0 bridgehead atoms. The first-order chi connectivity index (χ1) is 13.5. The Hall–Kier alpha value is -2.77. The zero-order valence-electron chi connectivity index (χ0n) is 15.1. The number of rotatable bonds is 3. The molecule has 1 heterocycles. The topological polar surface area (TPSA) is 78.1 Å². The molecule has 0 aliphatic heterocycles. The fraction of sp³-hybridized carbons (Fsp3) is 0.0952. The van der Waals surface area contributed by atoms with Crippen molar-refractivity contribution in [2.75, 3.05) is 0 Å². The monoisotopic (exact) mass is 453 g/mol. The maximum Gasteiger partial charge on any atom is 0.128 e. The Kier molecular flexibility index (Phi) is 4.87. The predicted octanol–water partition coefficient (Wildman–Crippen LogP) is 7.17. The van der Waals surface area contributed by atoms with Crippen LogP contribution in [0.5, 0.6) is 11.5 Å². The van der Waals surface area contributed by atoms with Crippen molar-refractivity contribution < 1.29 is 10.2 Å². The van der Waals surface area contributed by atoms with Gasteiger partial charge >= 0.3 is 0 Å². The number of nitrogens with zero attached hydrogens (tertiary/aromatic N) is 3. The number of hydrogen-bond donors (Lipinski definition) is 2. The normalized spacial score (nSPS) is 11.5. The molecule has 0 unspecified atom stereocenters. The number of thiazole rings is 1. The molecule has 140 valence electrons. The molecular formula is C21H16BrN3O2S. The van der Waals surface area contributed by atoms with E-state index in [1.54, 1.807) is 49.4 Å². The van der Waals surface area contributed by atoms with Gasteiger partial charge in [-0.2, -0.15) is 5.11 Å². The Morgan fingerprint density at radius 1 is 0.929 bits per heavy atom. The number of phenols is 2. The third-order valence-corrected chi connectivity index (χ3v) is 6.20. The average Bonchev–Trinajstić information content (AvgIpc) is 3.10. The lowest BCUT2D eigenvalue weighted by Crippen LogP contribution is -1.86. The summed E-state index contributed by atoms with van der Waals surface area (Å²) in [5.41, 5.74) is 4.04. The molecule has 0 saturated carbocycles. The summed E-state index contributed by atoms with van der Waals surface area (Å²) in [4.78, 5) is 4.73. The van der Waals surface area contributed by atoms with Crippen molar-refractivity contribution in [2.24, 2.45) is 10.2 Å². The van der Waals surface area contributed by atoms with Crippen LogP contribution in [0.25, 0.3) is 20.8 Å².